The van der Waals surface area contributed by atoms with Gasteiger partial charge in [-0.15, -0.1) is 5.10 Å². The number of aryl methyl sites for hydroxylation is 1. The van der Waals surface area contributed by atoms with Crippen molar-refractivity contribution in [3.8, 4) is 11.5 Å². The second kappa shape index (κ2) is 13.4. The van der Waals surface area contributed by atoms with E-state index in [1.807, 2.05) is 50.2 Å². The Morgan fingerprint density at radius 1 is 1.18 bits per heavy atom. The lowest BCUT2D eigenvalue weighted by Gasteiger charge is -2.29. The molecule has 1 amide bonds. The number of allylic oxidation sites excluding steroid dienone is 1. The van der Waals surface area contributed by atoms with E-state index in [1.165, 1.54) is 0 Å². The van der Waals surface area contributed by atoms with Crippen LogP contribution < -0.4 is 20.1 Å². The molecule has 2 N–H and O–H groups in total. The number of unbranched alkanes of at least 4 members (excludes halogenated alkanes) is 2. The number of thioether (sulfide) groups is 1. The molecule has 0 saturated carbocycles. The number of hydrogen-bond donors (Lipinski definition) is 2. The molecule has 2 aromatic carbocycles. The maximum atomic E-state index is 13.8. The normalized spacial score (nSPS) is 14.6. The first-order chi connectivity index (χ1) is 18.9. The Bertz CT molecular complexity index is 1360. The van der Waals surface area contributed by atoms with E-state index in [1.54, 1.807) is 23.6 Å². The third-order valence-corrected chi connectivity index (χ3v) is 7.91. The van der Waals surface area contributed by atoms with Crippen molar-refractivity contribution >= 4 is 45.2 Å². The van der Waals surface area contributed by atoms with Gasteiger partial charge in [0.15, 0.2) is 11.5 Å². The van der Waals surface area contributed by atoms with E-state index >= 15 is 0 Å². The third kappa shape index (κ3) is 6.78. The summed E-state index contributed by atoms with van der Waals surface area (Å²) in [6.45, 7) is 8.77. The quantitative estimate of drug-likeness (QED) is 0.163. The van der Waals surface area contributed by atoms with Crippen LogP contribution in [0.3, 0.4) is 0 Å². The van der Waals surface area contributed by atoms with Crippen molar-refractivity contribution in [2.75, 3.05) is 30.1 Å². The smallest absolute Gasteiger partial charge is 0.255 e. The van der Waals surface area contributed by atoms with Crippen LogP contribution >= 0.6 is 27.7 Å². The summed E-state index contributed by atoms with van der Waals surface area (Å²) in [5.41, 5.74) is 3.89. The number of ether oxygens (including phenoxy) is 2. The minimum Gasteiger partial charge on any atom is -0.493 e. The van der Waals surface area contributed by atoms with E-state index in [-0.39, 0.29) is 5.91 Å². The fraction of sp³-hybridized carbons (Fsp3) is 0.414. The number of carbonyl (C=O) groups excluding carboxylic acids is 1. The first kappa shape index (κ1) is 29.0. The Morgan fingerprint density at radius 2 is 1.97 bits per heavy atom. The first-order valence-corrected chi connectivity index (χ1v) is 15.1. The number of halogens is 1. The standard InChI is InChI=1S/C29H36BrN5O3S/c1-6-8-13-38-26-22(30)16-20(17-23(26)37-5)25-24(27(36)32-21-12-10-11-18(3)15-21)19(4)31-28-33-29(34-35(25)28)39-14-9-7-2/h10-12,15-17,25H,6-9,13-14H2,1-5H3,(H,32,36)(H,31,33,34). The number of aromatic nitrogens is 3. The van der Waals surface area contributed by atoms with Gasteiger partial charge in [0.05, 0.1) is 23.8 Å². The number of nitrogens with one attached hydrogen (secondary N) is 2. The SMILES string of the molecule is CCCCOc1c(Br)cc(C2C(C(=O)Nc3cccc(C)c3)=C(C)Nc3nc(SCCCC)nn32)cc1OC. The fourth-order valence-electron chi connectivity index (χ4n) is 4.38. The molecule has 1 aromatic heterocycles. The Hall–Kier alpha value is -2.98. The van der Waals surface area contributed by atoms with Crippen LogP contribution in [0.5, 0.6) is 11.5 Å². The van der Waals surface area contributed by atoms with E-state index in [0.29, 0.717) is 40.5 Å². The van der Waals surface area contributed by atoms with Gasteiger partial charge in [-0.05, 0) is 78.0 Å². The third-order valence-electron chi connectivity index (χ3n) is 6.39. The summed E-state index contributed by atoms with van der Waals surface area (Å²) in [4.78, 5) is 18.6. The fourth-order valence-corrected chi connectivity index (χ4v) is 5.87. The summed E-state index contributed by atoms with van der Waals surface area (Å²) >= 11 is 5.31. The molecule has 1 unspecified atom stereocenters. The van der Waals surface area contributed by atoms with Crippen molar-refractivity contribution in [2.45, 2.75) is 64.6 Å². The summed E-state index contributed by atoms with van der Waals surface area (Å²) in [5.74, 6) is 2.55. The average molecular weight is 615 g/mol. The van der Waals surface area contributed by atoms with Crippen LogP contribution in [0.25, 0.3) is 0 Å². The largest absolute Gasteiger partial charge is 0.493 e. The van der Waals surface area contributed by atoms with Gasteiger partial charge in [0.2, 0.25) is 11.1 Å². The van der Waals surface area contributed by atoms with Gasteiger partial charge >= 0.3 is 0 Å². The number of hydrogen-bond acceptors (Lipinski definition) is 7. The van der Waals surface area contributed by atoms with Crippen molar-refractivity contribution < 1.29 is 14.3 Å². The molecule has 1 aliphatic heterocycles. The number of carbonyl (C=O) groups is 1. The molecular weight excluding hydrogens is 578 g/mol. The van der Waals surface area contributed by atoms with Crippen molar-refractivity contribution in [1.29, 1.82) is 0 Å². The lowest BCUT2D eigenvalue weighted by Crippen LogP contribution is -2.31. The van der Waals surface area contributed by atoms with Crippen molar-refractivity contribution in [1.82, 2.24) is 14.8 Å². The van der Waals surface area contributed by atoms with Gasteiger partial charge in [0.25, 0.3) is 5.91 Å². The van der Waals surface area contributed by atoms with Crippen LogP contribution in [0.1, 0.15) is 63.6 Å². The van der Waals surface area contributed by atoms with Gasteiger partial charge in [0, 0.05) is 17.1 Å². The van der Waals surface area contributed by atoms with E-state index in [0.717, 1.165) is 52.7 Å². The molecular formula is C29H36BrN5O3S. The Labute approximate surface area is 243 Å². The van der Waals surface area contributed by atoms with Crippen LogP contribution in [0.2, 0.25) is 0 Å². The number of nitrogens with zero attached hydrogens (tertiary/aromatic N) is 3. The molecule has 3 aromatic rings. The molecule has 1 aliphatic rings. The van der Waals surface area contributed by atoms with Crippen molar-refractivity contribution in [2.24, 2.45) is 0 Å². The summed E-state index contributed by atoms with van der Waals surface area (Å²) < 4.78 is 14.3. The van der Waals surface area contributed by atoms with Crippen LogP contribution in [0.4, 0.5) is 11.6 Å². The minimum atomic E-state index is -0.533. The number of rotatable bonds is 12. The summed E-state index contributed by atoms with van der Waals surface area (Å²) in [7, 11) is 1.62. The van der Waals surface area contributed by atoms with Gasteiger partial charge in [-0.2, -0.15) is 4.98 Å². The molecule has 0 radical (unpaired) electrons. The van der Waals surface area contributed by atoms with E-state index in [4.69, 9.17) is 19.6 Å². The molecule has 1 atom stereocenters. The first-order valence-electron chi connectivity index (χ1n) is 13.3. The predicted molar refractivity (Wildman–Crippen MR) is 161 cm³/mol. The number of anilines is 2. The summed E-state index contributed by atoms with van der Waals surface area (Å²) in [6.07, 6.45) is 4.16. The van der Waals surface area contributed by atoms with E-state index in [9.17, 15) is 4.79 Å². The summed E-state index contributed by atoms with van der Waals surface area (Å²) in [5, 5.41) is 11.9. The highest BCUT2D eigenvalue weighted by Gasteiger charge is 2.35. The molecule has 208 valence electrons. The Balaban J connectivity index is 1.78. The zero-order valence-electron chi connectivity index (χ0n) is 23.1. The second-order valence-electron chi connectivity index (χ2n) is 9.49. The number of amides is 1. The zero-order chi connectivity index (χ0) is 27.9. The van der Waals surface area contributed by atoms with Gasteiger partial charge in [-0.3, -0.25) is 4.79 Å². The maximum Gasteiger partial charge on any atom is 0.255 e. The monoisotopic (exact) mass is 613 g/mol. The molecule has 0 spiro atoms. The van der Waals surface area contributed by atoms with Gasteiger partial charge in [-0.1, -0.05) is 50.6 Å². The Kier molecular flexibility index (Phi) is 9.96. The van der Waals surface area contributed by atoms with Crippen LogP contribution in [0.15, 0.2) is 57.3 Å². The zero-order valence-corrected chi connectivity index (χ0v) is 25.5. The molecule has 2 heterocycles. The van der Waals surface area contributed by atoms with E-state index < -0.39 is 6.04 Å². The molecule has 39 heavy (non-hydrogen) atoms. The topological polar surface area (TPSA) is 90.3 Å². The summed E-state index contributed by atoms with van der Waals surface area (Å²) in [6, 6.07) is 11.1. The lowest BCUT2D eigenvalue weighted by molar-refractivity contribution is -0.113. The highest BCUT2D eigenvalue weighted by Crippen LogP contribution is 2.43. The molecule has 0 aliphatic carbocycles. The van der Waals surface area contributed by atoms with Crippen LogP contribution in [-0.2, 0) is 4.79 Å². The maximum absolute atomic E-state index is 13.8. The van der Waals surface area contributed by atoms with Crippen LogP contribution in [0, 0.1) is 6.92 Å². The Morgan fingerprint density at radius 3 is 2.69 bits per heavy atom. The molecule has 8 nitrogen and oxygen atoms in total. The van der Waals surface area contributed by atoms with Crippen LogP contribution in [-0.4, -0.2) is 40.1 Å². The van der Waals surface area contributed by atoms with E-state index in [2.05, 4.69) is 40.4 Å². The van der Waals surface area contributed by atoms with Gasteiger partial charge < -0.3 is 20.1 Å². The highest BCUT2D eigenvalue weighted by molar-refractivity contribution is 9.10. The molecule has 4 rings (SSSR count). The number of methoxy groups -OCH3 is 1. The molecule has 10 heteroatoms. The van der Waals surface area contributed by atoms with Crippen molar-refractivity contribution in [3.63, 3.8) is 0 Å². The highest BCUT2D eigenvalue weighted by atomic mass is 79.9. The second-order valence-corrected chi connectivity index (χ2v) is 11.4. The van der Waals surface area contributed by atoms with Gasteiger partial charge in [-0.25, -0.2) is 4.68 Å². The molecule has 0 saturated heterocycles. The predicted octanol–water partition coefficient (Wildman–Crippen LogP) is 7.36. The number of fused-ring (bicyclic) bond motifs is 1. The molecule has 0 fully saturated rings. The number of benzene rings is 2. The average Bonchev–Trinajstić information content (AvgIpc) is 3.30. The van der Waals surface area contributed by atoms with Crippen molar-refractivity contribution in [3.05, 3.63) is 63.3 Å². The molecule has 0 bridgehead atoms. The lowest BCUT2D eigenvalue weighted by atomic mass is 9.94. The minimum absolute atomic E-state index is 0.213. The van der Waals surface area contributed by atoms with Gasteiger partial charge in [0.1, 0.15) is 6.04 Å².